The number of halogens is 1. The van der Waals surface area contributed by atoms with E-state index >= 15 is 0 Å². The summed E-state index contributed by atoms with van der Waals surface area (Å²) < 4.78 is 28.2. The van der Waals surface area contributed by atoms with Gasteiger partial charge in [0.1, 0.15) is 5.75 Å². The first kappa shape index (κ1) is 13.2. The smallest absolute Gasteiger partial charge is 0.322 e. The summed E-state index contributed by atoms with van der Waals surface area (Å²) in [7, 11) is 1.36. The lowest BCUT2D eigenvalue weighted by Crippen LogP contribution is -2.47. The van der Waals surface area contributed by atoms with Crippen LogP contribution < -0.4 is 15.4 Å². The Morgan fingerprint density at radius 2 is 2.05 bits per heavy atom. The standard InChI is InChI=1S/C11H9ClN2O5S/c12-20(17,18)6-1-2-8-7(5-6)11(3-4-19-8)9(15)13-10(16)14-11/h1-2,5H,3-4H2,(H2,13,14,15,16). The van der Waals surface area contributed by atoms with Gasteiger partial charge in [0.2, 0.25) is 0 Å². The predicted octanol–water partition coefficient (Wildman–Crippen LogP) is 0.431. The fourth-order valence-corrected chi connectivity index (χ4v) is 3.20. The molecule has 0 saturated carbocycles. The Labute approximate surface area is 118 Å². The summed E-state index contributed by atoms with van der Waals surface area (Å²) in [5.74, 6) is -0.186. The first-order chi connectivity index (χ1) is 9.33. The van der Waals surface area contributed by atoms with Crippen molar-refractivity contribution in [3.8, 4) is 5.75 Å². The third-order valence-electron chi connectivity index (χ3n) is 3.37. The van der Waals surface area contributed by atoms with Crippen LogP contribution in [0.3, 0.4) is 0 Å². The maximum absolute atomic E-state index is 12.1. The fraction of sp³-hybridized carbons (Fsp3) is 0.273. The van der Waals surface area contributed by atoms with Crippen molar-refractivity contribution in [2.24, 2.45) is 0 Å². The van der Waals surface area contributed by atoms with Crippen LogP contribution in [0.4, 0.5) is 4.79 Å². The average Bonchev–Trinajstić information content (AvgIpc) is 2.64. The summed E-state index contributed by atoms with van der Waals surface area (Å²) in [6.07, 6.45) is 0.212. The number of ether oxygens (including phenoxy) is 1. The molecule has 1 saturated heterocycles. The largest absolute Gasteiger partial charge is 0.493 e. The molecule has 20 heavy (non-hydrogen) atoms. The van der Waals surface area contributed by atoms with Crippen molar-refractivity contribution in [1.82, 2.24) is 10.6 Å². The number of imide groups is 1. The molecule has 0 aromatic heterocycles. The molecule has 1 aromatic rings. The van der Waals surface area contributed by atoms with Crippen molar-refractivity contribution in [2.75, 3.05) is 6.61 Å². The van der Waals surface area contributed by atoms with Gasteiger partial charge in [0, 0.05) is 22.7 Å². The van der Waals surface area contributed by atoms with Gasteiger partial charge < -0.3 is 10.1 Å². The number of fused-ring (bicyclic) bond motifs is 2. The van der Waals surface area contributed by atoms with Crippen LogP contribution in [0.1, 0.15) is 12.0 Å². The second-order valence-electron chi connectivity index (χ2n) is 4.51. The number of benzene rings is 1. The number of hydrogen-bond donors (Lipinski definition) is 2. The summed E-state index contributed by atoms with van der Waals surface area (Å²) in [6.45, 7) is 0.230. The summed E-state index contributed by atoms with van der Waals surface area (Å²) >= 11 is 0. The Morgan fingerprint density at radius 1 is 1.30 bits per heavy atom. The molecule has 1 atom stereocenters. The minimum absolute atomic E-state index is 0.156. The lowest BCUT2D eigenvalue weighted by atomic mass is 9.84. The van der Waals surface area contributed by atoms with Gasteiger partial charge in [-0.2, -0.15) is 0 Å². The quantitative estimate of drug-likeness (QED) is 0.578. The van der Waals surface area contributed by atoms with Crippen molar-refractivity contribution in [1.29, 1.82) is 0 Å². The molecular weight excluding hydrogens is 308 g/mol. The van der Waals surface area contributed by atoms with Crippen molar-refractivity contribution in [2.45, 2.75) is 16.9 Å². The first-order valence-corrected chi connectivity index (χ1v) is 7.99. The second-order valence-corrected chi connectivity index (χ2v) is 7.07. The normalized spacial score (nSPS) is 24.9. The van der Waals surface area contributed by atoms with Gasteiger partial charge in [-0.15, -0.1) is 0 Å². The highest BCUT2D eigenvalue weighted by Crippen LogP contribution is 2.40. The molecular formula is C11H9ClN2O5S. The van der Waals surface area contributed by atoms with Gasteiger partial charge in [0.25, 0.3) is 15.0 Å². The fourth-order valence-electron chi connectivity index (χ4n) is 2.43. The molecule has 0 aliphatic carbocycles. The number of urea groups is 1. The van der Waals surface area contributed by atoms with E-state index in [-0.39, 0.29) is 23.5 Å². The van der Waals surface area contributed by atoms with E-state index in [1.165, 1.54) is 18.2 Å². The van der Waals surface area contributed by atoms with Crippen molar-refractivity contribution in [3.05, 3.63) is 23.8 Å². The van der Waals surface area contributed by atoms with Crippen LogP contribution in [0.2, 0.25) is 0 Å². The molecule has 2 aliphatic heterocycles. The van der Waals surface area contributed by atoms with Crippen molar-refractivity contribution < 1.29 is 22.7 Å². The number of hydrogen-bond acceptors (Lipinski definition) is 5. The van der Waals surface area contributed by atoms with Crippen LogP contribution in [-0.4, -0.2) is 27.0 Å². The lowest BCUT2D eigenvalue weighted by molar-refractivity contribution is -0.125. The third-order valence-corrected chi connectivity index (χ3v) is 4.72. The van der Waals surface area contributed by atoms with Crippen LogP contribution in [-0.2, 0) is 19.4 Å². The molecule has 3 amide bonds. The van der Waals surface area contributed by atoms with E-state index < -0.39 is 26.5 Å². The van der Waals surface area contributed by atoms with E-state index in [2.05, 4.69) is 10.6 Å². The molecule has 0 radical (unpaired) electrons. The zero-order valence-electron chi connectivity index (χ0n) is 9.97. The molecule has 7 nitrogen and oxygen atoms in total. The Kier molecular flexibility index (Phi) is 2.70. The zero-order chi connectivity index (χ0) is 14.5. The molecule has 2 heterocycles. The summed E-state index contributed by atoms with van der Waals surface area (Å²) in [5.41, 5.74) is -1.02. The molecule has 1 fully saturated rings. The van der Waals surface area contributed by atoms with E-state index in [1.54, 1.807) is 0 Å². The van der Waals surface area contributed by atoms with E-state index in [4.69, 9.17) is 15.4 Å². The van der Waals surface area contributed by atoms with E-state index in [0.717, 1.165) is 0 Å². The maximum atomic E-state index is 12.1. The Balaban J connectivity index is 2.22. The van der Waals surface area contributed by atoms with Crippen molar-refractivity contribution in [3.63, 3.8) is 0 Å². The summed E-state index contributed by atoms with van der Waals surface area (Å²) in [4.78, 5) is 23.3. The molecule has 0 bridgehead atoms. The minimum Gasteiger partial charge on any atom is -0.493 e. The van der Waals surface area contributed by atoms with Gasteiger partial charge >= 0.3 is 6.03 Å². The van der Waals surface area contributed by atoms with Crippen LogP contribution >= 0.6 is 10.7 Å². The maximum Gasteiger partial charge on any atom is 0.322 e. The van der Waals surface area contributed by atoms with Gasteiger partial charge in [-0.1, -0.05) is 0 Å². The predicted molar refractivity (Wildman–Crippen MR) is 67.9 cm³/mol. The Morgan fingerprint density at radius 3 is 2.65 bits per heavy atom. The highest BCUT2D eigenvalue weighted by Gasteiger charge is 2.51. The van der Waals surface area contributed by atoms with Gasteiger partial charge in [0.05, 0.1) is 11.5 Å². The molecule has 2 N–H and O–H groups in total. The molecule has 9 heteroatoms. The Bertz CT molecular complexity index is 732. The van der Waals surface area contributed by atoms with Gasteiger partial charge in [-0.05, 0) is 18.2 Å². The number of carbonyl (C=O) groups excluding carboxylic acids is 2. The van der Waals surface area contributed by atoms with E-state index in [0.29, 0.717) is 5.75 Å². The zero-order valence-corrected chi connectivity index (χ0v) is 11.5. The molecule has 1 unspecified atom stereocenters. The number of rotatable bonds is 1. The molecule has 1 spiro atoms. The minimum atomic E-state index is -3.94. The van der Waals surface area contributed by atoms with Crippen LogP contribution in [0, 0.1) is 0 Å². The monoisotopic (exact) mass is 316 g/mol. The van der Waals surface area contributed by atoms with Gasteiger partial charge in [-0.3, -0.25) is 10.1 Å². The van der Waals surface area contributed by atoms with Crippen molar-refractivity contribution >= 4 is 31.7 Å². The average molecular weight is 317 g/mol. The van der Waals surface area contributed by atoms with E-state index in [1.807, 2.05) is 0 Å². The Hall–Kier alpha value is -1.80. The molecule has 2 aliphatic rings. The highest BCUT2D eigenvalue weighted by molar-refractivity contribution is 8.13. The van der Waals surface area contributed by atoms with Crippen LogP contribution in [0.25, 0.3) is 0 Å². The topological polar surface area (TPSA) is 102 Å². The number of amides is 3. The molecule has 106 valence electrons. The SMILES string of the molecule is O=C1NC(=O)C2(CCOc3ccc(S(=O)(=O)Cl)cc32)N1. The van der Waals surface area contributed by atoms with Gasteiger partial charge in [0.15, 0.2) is 5.54 Å². The highest BCUT2D eigenvalue weighted by atomic mass is 35.7. The first-order valence-electron chi connectivity index (χ1n) is 5.68. The lowest BCUT2D eigenvalue weighted by Gasteiger charge is -2.32. The van der Waals surface area contributed by atoms with Crippen LogP contribution in [0.5, 0.6) is 5.75 Å². The third kappa shape index (κ3) is 1.83. The van der Waals surface area contributed by atoms with Gasteiger partial charge in [-0.25, -0.2) is 13.2 Å². The summed E-state index contributed by atoms with van der Waals surface area (Å²) in [6, 6.07) is 3.34. The molecule has 3 rings (SSSR count). The number of nitrogens with one attached hydrogen (secondary N) is 2. The second kappa shape index (κ2) is 4.10. The van der Waals surface area contributed by atoms with Crippen LogP contribution in [0.15, 0.2) is 23.1 Å². The summed E-state index contributed by atoms with van der Waals surface area (Å²) in [5, 5.41) is 4.69. The number of carbonyl (C=O) groups is 2. The van der Waals surface area contributed by atoms with E-state index in [9.17, 15) is 18.0 Å². The molecule has 1 aromatic carbocycles.